The van der Waals surface area contributed by atoms with E-state index in [0.29, 0.717) is 16.3 Å². The smallest absolute Gasteiger partial charge is 0.128 e. The molecule has 0 fully saturated rings. The molecule has 2 aromatic rings. The van der Waals surface area contributed by atoms with Crippen LogP contribution in [-0.2, 0) is 18.0 Å². The van der Waals surface area contributed by atoms with Crippen LogP contribution in [-0.4, -0.2) is 12.1 Å². The first-order valence-corrected chi connectivity index (χ1v) is 6.80. The van der Waals surface area contributed by atoms with Crippen LogP contribution in [0.3, 0.4) is 0 Å². The van der Waals surface area contributed by atoms with E-state index in [1.807, 2.05) is 6.07 Å². The first-order valence-electron chi connectivity index (χ1n) is 6.39. The Hall–Kier alpha value is -1.98. The lowest BCUT2D eigenvalue weighted by molar-refractivity contribution is 0.103. The topological polar surface area (TPSA) is 44.5 Å². The van der Waals surface area contributed by atoms with Crippen LogP contribution in [0.25, 0.3) is 0 Å². The highest BCUT2D eigenvalue weighted by Crippen LogP contribution is 2.21. The first-order chi connectivity index (χ1) is 10.1. The van der Waals surface area contributed by atoms with Crippen molar-refractivity contribution in [2.45, 2.75) is 13.2 Å². The number of thiocarbonyl (C=S) groups is 1. The van der Waals surface area contributed by atoms with E-state index in [-0.39, 0.29) is 19.0 Å². The van der Waals surface area contributed by atoms with E-state index >= 15 is 0 Å². The molecule has 0 saturated heterocycles. The van der Waals surface area contributed by atoms with Crippen molar-refractivity contribution in [3.63, 3.8) is 0 Å². The van der Waals surface area contributed by atoms with E-state index in [0.717, 1.165) is 11.1 Å². The molecule has 0 heterocycles. The molecule has 0 amide bonds. The molecule has 0 atom stereocenters. The summed E-state index contributed by atoms with van der Waals surface area (Å²) in [5.74, 6) is 0.407. The summed E-state index contributed by atoms with van der Waals surface area (Å²) in [6, 6.07) is 11.9. The number of methoxy groups -OCH3 is 1. The molecule has 0 aliphatic rings. The van der Waals surface area contributed by atoms with Crippen molar-refractivity contribution in [1.29, 1.82) is 0 Å². The van der Waals surface area contributed by atoms with E-state index in [4.69, 9.17) is 27.4 Å². The largest absolute Gasteiger partial charge is 0.496 e. The van der Waals surface area contributed by atoms with E-state index in [9.17, 15) is 4.39 Å². The van der Waals surface area contributed by atoms with Gasteiger partial charge < -0.3 is 15.2 Å². The molecule has 0 saturated carbocycles. The van der Waals surface area contributed by atoms with Crippen LogP contribution in [0, 0.1) is 5.82 Å². The summed E-state index contributed by atoms with van der Waals surface area (Å²) in [6.45, 7) is 0.473. The molecule has 5 heteroatoms. The van der Waals surface area contributed by atoms with Crippen LogP contribution in [0.2, 0.25) is 0 Å². The van der Waals surface area contributed by atoms with Gasteiger partial charge in [0.05, 0.1) is 20.3 Å². The van der Waals surface area contributed by atoms with E-state index in [1.165, 1.54) is 6.07 Å². The Kier molecular flexibility index (Phi) is 5.25. The zero-order chi connectivity index (χ0) is 15.2. The lowest BCUT2D eigenvalue weighted by atomic mass is 10.1. The van der Waals surface area contributed by atoms with Crippen LogP contribution in [0.5, 0.6) is 5.75 Å². The summed E-state index contributed by atoms with van der Waals surface area (Å²) in [6.07, 6.45) is 0. The summed E-state index contributed by atoms with van der Waals surface area (Å²) < 4.78 is 24.3. The molecule has 3 nitrogen and oxygen atoms in total. The summed E-state index contributed by atoms with van der Waals surface area (Å²) in [4.78, 5) is 0.313. The SMILES string of the molecule is COc1ccc(C(N)=S)cc1COCc1ccccc1F. The fourth-order valence-electron chi connectivity index (χ4n) is 1.93. The van der Waals surface area contributed by atoms with E-state index in [2.05, 4.69) is 0 Å². The van der Waals surface area contributed by atoms with E-state index in [1.54, 1.807) is 37.4 Å². The zero-order valence-corrected chi connectivity index (χ0v) is 12.5. The third-order valence-electron chi connectivity index (χ3n) is 3.04. The molecule has 21 heavy (non-hydrogen) atoms. The molecule has 0 aliphatic carbocycles. The van der Waals surface area contributed by atoms with Crippen LogP contribution in [0.1, 0.15) is 16.7 Å². The number of rotatable bonds is 6. The zero-order valence-electron chi connectivity index (χ0n) is 11.6. The molecule has 2 aromatic carbocycles. The molecular weight excluding hydrogens is 289 g/mol. The van der Waals surface area contributed by atoms with Gasteiger partial charge >= 0.3 is 0 Å². The molecule has 0 aromatic heterocycles. The highest BCUT2D eigenvalue weighted by molar-refractivity contribution is 7.80. The lowest BCUT2D eigenvalue weighted by Gasteiger charge is -2.11. The van der Waals surface area contributed by atoms with Gasteiger partial charge in [0, 0.05) is 16.7 Å². The third kappa shape index (κ3) is 4.00. The van der Waals surface area contributed by atoms with E-state index < -0.39 is 0 Å². The minimum absolute atomic E-state index is 0.188. The number of hydrogen-bond acceptors (Lipinski definition) is 3. The average Bonchev–Trinajstić information content (AvgIpc) is 2.49. The second-order valence-corrected chi connectivity index (χ2v) is 4.91. The third-order valence-corrected chi connectivity index (χ3v) is 3.27. The van der Waals surface area contributed by atoms with Gasteiger partial charge in [0.1, 0.15) is 16.6 Å². The maximum atomic E-state index is 13.5. The van der Waals surface area contributed by atoms with Gasteiger partial charge in [-0.2, -0.15) is 0 Å². The maximum Gasteiger partial charge on any atom is 0.128 e. The Morgan fingerprint density at radius 1 is 1.14 bits per heavy atom. The van der Waals surface area contributed by atoms with Gasteiger partial charge in [-0.15, -0.1) is 0 Å². The van der Waals surface area contributed by atoms with Gasteiger partial charge in [-0.3, -0.25) is 0 Å². The van der Waals surface area contributed by atoms with Crippen molar-refractivity contribution in [3.05, 3.63) is 65.0 Å². The van der Waals surface area contributed by atoms with Crippen LogP contribution < -0.4 is 10.5 Å². The number of hydrogen-bond donors (Lipinski definition) is 1. The monoisotopic (exact) mass is 305 g/mol. The summed E-state index contributed by atoms with van der Waals surface area (Å²) in [5, 5.41) is 0. The molecule has 0 unspecified atom stereocenters. The number of benzene rings is 2. The number of halogens is 1. The van der Waals surface area contributed by atoms with Crippen LogP contribution in [0.4, 0.5) is 4.39 Å². The van der Waals surface area contributed by atoms with Crippen molar-refractivity contribution < 1.29 is 13.9 Å². The minimum atomic E-state index is -0.277. The summed E-state index contributed by atoms with van der Waals surface area (Å²) in [7, 11) is 1.58. The molecule has 0 spiro atoms. The average molecular weight is 305 g/mol. The van der Waals surface area contributed by atoms with Gasteiger partial charge in [-0.25, -0.2) is 4.39 Å². The molecule has 110 valence electrons. The van der Waals surface area contributed by atoms with Gasteiger partial charge in [0.2, 0.25) is 0 Å². The van der Waals surface area contributed by atoms with Crippen molar-refractivity contribution in [1.82, 2.24) is 0 Å². The van der Waals surface area contributed by atoms with Crippen molar-refractivity contribution in [3.8, 4) is 5.75 Å². The Bertz CT molecular complexity index is 646. The quantitative estimate of drug-likeness (QED) is 0.833. The normalized spacial score (nSPS) is 10.4. The second-order valence-electron chi connectivity index (χ2n) is 4.48. The van der Waals surface area contributed by atoms with Crippen molar-refractivity contribution in [2.75, 3.05) is 7.11 Å². The standard InChI is InChI=1S/C16H16FNO2S/c1-19-15-7-6-11(16(18)21)8-13(15)10-20-9-12-4-2-3-5-14(12)17/h2-8H,9-10H2,1H3,(H2,18,21). The lowest BCUT2D eigenvalue weighted by Crippen LogP contribution is -2.10. The molecule has 2 rings (SSSR count). The fraction of sp³-hybridized carbons (Fsp3) is 0.188. The molecule has 2 N–H and O–H groups in total. The molecule has 0 radical (unpaired) electrons. The van der Waals surface area contributed by atoms with Gasteiger partial charge in [0.25, 0.3) is 0 Å². The number of ether oxygens (including phenoxy) is 2. The second kappa shape index (κ2) is 7.15. The molecule has 0 aliphatic heterocycles. The predicted octanol–water partition coefficient (Wildman–Crippen LogP) is 3.19. The Balaban J connectivity index is 2.07. The molecule has 0 bridgehead atoms. The summed E-state index contributed by atoms with van der Waals surface area (Å²) in [5.41, 5.74) is 7.69. The highest BCUT2D eigenvalue weighted by atomic mass is 32.1. The number of nitrogens with two attached hydrogens (primary N) is 1. The molecular formula is C16H16FNO2S. The van der Waals surface area contributed by atoms with Gasteiger partial charge in [-0.1, -0.05) is 30.4 Å². The minimum Gasteiger partial charge on any atom is -0.496 e. The van der Waals surface area contributed by atoms with Gasteiger partial charge in [0.15, 0.2) is 0 Å². The maximum absolute atomic E-state index is 13.5. The Morgan fingerprint density at radius 3 is 2.52 bits per heavy atom. The van der Waals surface area contributed by atoms with Crippen LogP contribution >= 0.6 is 12.2 Å². The first kappa shape index (κ1) is 15.4. The predicted molar refractivity (Wildman–Crippen MR) is 83.8 cm³/mol. The fourth-order valence-corrected chi connectivity index (χ4v) is 2.06. The Labute approximate surface area is 128 Å². The van der Waals surface area contributed by atoms with Crippen LogP contribution in [0.15, 0.2) is 42.5 Å². The van der Waals surface area contributed by atoms with Crippen molar-refractivity contribution >= 4 is 17.2 Å². The Morgan fingerprint density at radius 2 is 1.86 bits per heavy atom. The summed E-state index contributed by atoms with van der Waals surface area (Å²) >= 11 is 4.95. The van der Waals surface area contributed by atoms with Crippen molar-refractivity contribution in [2.24, 2.45) is 5.73 Å². The van der Waals surface area contributed by atoms with Gasteiger partial charge in [-0.05, 0) is 24.3 Å². The highest BCUT2D eigenvalue weighted by Gasteiger charge is 2.07.